The summed E-state index contributed by atoms with van der Waals surface area (Å²) in [6.45, 7) is 4.51. The zero-order valence-corrected chi connectivity index (χ0v) is 10.7. The van der Waals surface area contributed by atoms with Gasteiger partial charge in [-0.1, -0.05) is 32.8 Å². The molecule has 0 nitrogen and oxygen atoms in total. The van der Waals surface area contributed by atoms with Gasteiger partial charge in [-0.2, -0.15) is 0 Å². The van der Waals surface area contributed by atoms with E-state index in [2.05, 4.69) is 42.1 Å². The summed E-state index contributed by atoms with van der Waals surface area (Å²) >= 11 is 5.31. The van der Waals surface area contributed by atoms with Crippen LogP contribution in [0.2, 0.25) is 0 Å². The van der Waals surface area contributed by atoms with Crippen molar-refractivity contribution in [3.63, 3.8) is 0 Å². The SMILES string of the molecule is CCCCC(/C=C(\Br)SC)CC. The fraction of sp³-hybridized carbons (Fsp3) is 0.800. The molecule has 0 radical (unpaired) electrons. The van der Waals surface area contributed by atoms with Crippen LogP contribution < -0.4 is 0 Å². The topological polar surface area (TPSA) is 0 Å². The Balaban J connectivity index is 3.81. The minimum Gasteiger partial charge on any atom is -0.122 e. The summed E-state index contributed by atoms with van der Waals surface area (Å²) in [6.07, 6.45) is 9.71. The van der Waals surface area contributed by atoms with E-state index in [0.29, 0.717) is 0 Å². The van der Waals surface area contributed by atoms with Crippen molar-refractivity contribution >= 4 is 27.7 Å². The first-order chi connectivity index (χ1) is 5.74. The highest BCUT2D eigenvalue weighted by Crippen LogP contribution is 2.24. The molecule has 0 saturated carbocycles. The molecule has 72 valence electrons. The maximum Gasteiger partial charge on any atom is 0.0462 e. The van der Waals surface area contributed by atoms with Gasteiger partial charge in [0.1, 0.15) is 0 Å². The van der Waals surface area contributed by atoms with Gasteiger partial charge in [-0.05, 0) is 40.9 Å². The van der Waals surface area contributed by atoms with Crippen LogP contribution in [0.15, 0.2) is 9.89 Å². The lowest BCUT2D eigenvalue weighted by atomic mass is 10.00. The van der Waals surface area contributed by atoms with Crippen molar-refractivity contribution in [2.45, 2.75) is 39.5 Å². The van der Waals surface area contributed by atoms with Gasteiger partial charge >= 0.3 is 0 Å². The molecule has 2 heteroatoms. The molecule has 0 heterocycles. The van der Waals surface area contributed by atoms with E-state index in [-0.39, 0.29) is 0 Å². The predicted molar refractivity (Wildman–Crippen MR) is 63.8 cm³/mol. The first-order valence-electron chi connectivity index (χ1n) is 4.65. The standard InChI is InChI=1S/C10H19BrS/c1-4-6-7-9(5-2)8-10(11)12-3/h8-9H,4-7H2,1-3H3/b10-8+. The van der Waals surface area contributed by atoms with Gasteiger partial charge in [0.05, 0.1) is 0 Å². The Morgan fingerprint density at radius 2 is 2.17 bits per heavy atom. The Hall–Kier alpha value is 0.570. The number of allylic oxidation sites excluding steroid dienone is 1. The highest BCUT2D eigenvalue weighted by molar-refractivity contribution is 9.14. The van der Waals surface area contributed by atoms with Crippen molar-refractivity contribution < 1.29 is 0 Å². The average Bonchev–Trinajstić information content (AvgIpc) is 2.11. The molecule has 0 N–H and O–H groups in total. The van der Waals surface area contributed by atoms with Gasteiger partial charge in [0.25, 0.3) is 0 Å². The van der Waals surface area contributed by atoms with E-state index in [4.69, 9.17) is 0 Å². The fourth-order valence-electron chi connectivity index (χ4n) is 1.12. The molecule has 0 aliphatic heterocycles. The third-order valence-electron chi connectivity index (χ3n) is 2.01. The normalized spacial score (nSPS) is 14.8. The molecule has 0 amide bonds. The van der Waals surface area contributed by atoms with Crippen LogP contribution in [-0.4, -0.2) is 6.26 Å². The molecule has 0 aromatic rings. The molecule has 0 spiro atoms. The second-order valence-electron chi connectivity index (χ2n) is 2.99. The Morgan fingerprint density at radius 1 is 1.50 bits per heavy atom. The largest absolute Gasteiger partial charge is 0.122 e. The molecule has 0 aliphatic rings. The molecule has 0 aliphatic carbocycles. The van der Waals surface area contributed by atoms with Crippen LogP contribution in [0.4, 0.5) is 0 Å². The first-order valence-corrected chi connectivity index (χ1v) is 6.67. The highest BCUT2D eigenvalue weighted by atomic mass is 79.9. The molecular weight excluding hydrogens is 232 g/mol. The molecule has 0 rings (SSSR count). The molecule has 0 bridgehead atoms. The zero-order chi connectivity index (χ0) is 9.40. The summed E-state index contributed by atoms with van der Waals surface area (Å²) in [4.78, 5) is 0. The molecular formula is C10H19BrS. The maximum absolute atomic E-state index is 3.53. The number of thioether (sulfide) groups is 1. The predicted octanol–water partition coefficient (Wildman–Crippen LogP) is 4.80. The maximum atomic E-state index is 3.53. The zero-order valence-electron chi connectivity index (χ0n) is 8.27. The second-order valence-corrected chi connectivity index (χ2v) is 5.21. The van der Waals surface area contributed by atoms with E-state index < -0.39 is 0 Å². The number of hydrogen-bond donors (Lipinski definition) is 0. The van der Waals surface area contributed by atoms with E-state index >= 15 is 0 Å². The summed E-state index contributed by atoms with van der Waals surface area (Å²) in [6, 6.07) is 0. The fourth-order valence-corrected chi connectivity index (χ4v) is 1.83. The van der Waals surface area contributed by atoms with Crippen molar-refractivity contribution in [1.82, 2.24) is 0 Å². The number of hydrogen-bond acceptors (Lipinski definition) is 1. The van der Waals surface area contributed by atoms with E-state index in [1.54, 1.807) is 11.8 Å². The second kappa shape index (κ2) is 8.18. The number of unbranched alkanes of at least 4 members (excludes halogenated alkanes) is 1. The van der Waals surface area contributed by atoms with E-state index in [9.17, 15) is 0 Å². The molecule has 0 aromatic heterocycles. The van der Waals surface area contributed by atoms with Crippen LogP contribution in [0.1, 0.15) is 39.5 Å². The van der Waals surface area contributed by atoms with Crippen LogP contribution >= 0.6 is 27.7 Å². The molecule has 0 saturated heterocycles. The third kappa shape index (κ3) is 6.13. The minimum atomic E-state index is 0.770. The van der Waals surface area contributed by atoms with Crippen LogP contribution in [-0.2, 0) is 0 Å². The van der Waals surface area contributed by atoms with Gasteiger partial charge in [0.15, 0.2) is 0 Å². The number of halogens is 1. The lowest BCUT2D eigenvalue weighted by molar-refractivity contribution is 0.540. The average molecular weight is 251 g/mol. The summed E-state index contributed by atoms with van der Waals surface area (Å²) in [5, 5.41) is 0. The van der Waals surface area contributed by atoms with Crippen LogP contribution in [0.5, 0.6) is 0 Å². The lowest BCUT2D eigenvalue weighted by Crippen LogP contribution is -1.94. The number of rotatable bonds is 6. The van der Waals surface area contributed by atoms with Crippen molar-refractivity contribution in [2.75, 3.05) is 6.26 Å². The van der Waals surface area contributed by atoms with Gasteiger partial charge in [0, 0.05) is 3.81 Å². The van der Waals surface area contributed by atoms with Gasteiger partial charge in [-0.25, -0.2) is 0 Å². The van der Waals surface area contributed by atoms with Gasteiger partial charge in [0.2, 0.25) is 0 Å². The summed E-state index contributed by atoms with van der Waals surface area (Å²) in [7, 11) is 0. The Kier molecular flexibility index (Phi) is 8.57. The van der Waals surface area contributed by atoms with Crippen LogP contribution in [0.3, 0.4) is 0 Å². The van der Waals surface area contributed by atoms with E-state index in [1.807, 2.05) is 0 Å². The van der Waals surface area contributed by atoms with Gasteiger partial charge in [-0.15, -0.1) is 11.8 Å². The van der Waals surface area contributed by atoms with Crippen LogP contribution in [0, 0.1) is 5.92 Å². The molecule has 1 unspecified atom stereocenters. The smallest absolute Gasteiger partial charge is 0.0462 e. The molecule has 12 heavy (non-hydrogen) atoms. The van der Waals surface area contributed by atoms with Gasteiger partial charge < -0.3 is 0 Å². The summed E-state index contributed by atoms with van der Waals surface area (Å²) in [5.74, 6) is 0.770. The molecule has 0 aromatic carbocycles. The first kappa shape index (κ1) is 12.6. The quantitative estimate of drug-likeness (QED) is 0.653. The van der Waals surface area contributed by atoms with Crippen molar-refractivity contribution in [2.24, 2.45) is 5.92 Å². The lowest BCUT2D eigenvalue weighted by Gasteiger charge is -2.09. The Morgan fingerprint density at radius 3 is 2.58 bits per heavy atom. The van der Waals surface area contributed by atoms with Crippen molar-refractivity contribution in [3.8, 4) is 0 Å². The van der Waals surface area contributed by atoms with E-state index in [1.165, 1.54) is 29.5 Å². The van der Waals surface area contributed by atoms with Crippen molar-refractivity contribution in [1.29, 1.82) is 0 Å². The molecule has 0 fully saturated rings. The third-order valence-corrected chi connectivity index (χ3v) is 3.78. The monoisotopic (exact) mass is 250 g/mol. The summed E-state index contributed by atoms with van der Waals surface area (Å²) in [5.41, 5.74) is 0. The van der Waals surface area contributed by atoms with Crippen LogP contribution in [0.25, 0.3) is 0 Å². The Labute approximate surface area is 89.3 Å². The minimum absolute atomic E-state index is 0.770. The highest BCUT2D eigenvalue weighted by Gasteiger charge is 2.02. The molecule has 1 atom stereocenters. The summed E-state index contributed by atoms with van der Waals surface area (Å²) < 4.78 is 1.28. The van der Waals surface area contributed by atoms with E-state index in [0.717, 1.165) is 5.92 Å². The van der Waals surface area contributed by atoms with Gasteiger partial charge in [-0.3, -0.25) is 0 Å². The Bertz CT molecular complexity index is 132. The van der Waals surface area contributed by atoms with Crippen molar-refractivity contribution in [3.05, 3.63) is 9.89 Å².